The largest absolute Gasteiger partial charge is 0.483 e. The van der Waals surface area contributed by atoms with Gasteiger partial charge in [-0.15, -0.1) is 0 Å². The number of para-hydroxylation sites is 2. The lowest BCUT2D eigenvalue weighted by Crippen LogP contribution is -2.43. The number of ether oxygens (including phenoxy) is 1. The summed E-state index contributed by atoms with van der Waals surface area (Å²) in [5, 5.41) is 7.41. The van der Waals surface area contributed by atoms with Gasteiger partial charge in [0, 0.05) is 33.2 Å². The third-order valence-corrected chi connectivity index (χ3v) is 3.48. The highest BCUT2D eigenvalue weighted by atomic mass is 16.5. The average molecular weight is 273 g/mol. The first-order chi connectivity index (χ1) is 9.84. The van der Waals surface area contributed by atoms with Gasteiger partial charge in [-0.3, -0.25) is 4.68 Å². The van der Waals surface area contributed by atoms with Crippen molar-refractivity contribution in [3.8, 4) is 5.75 Å². The minimum absolute atomic E-state index is 0.430. The summed E-state index contributed by atoms with van der Waals surface area (Å²) in [6.07, 6.45) is 1.54. The Bertz CT molecular complexity index is 562. The van der Waals surface area contributed by atoms with Gasteiger partial charge in [-0.1, -0.05) is 12.1 Å². The maximum Gasteiger partial charge on any atom is 0.164 e. The number of aromatic nitrogens is 3. The van der Waals surface area contributed by atoms with Gasteiger partial charge in [0.15, 0.2) is 5.82 Å². The molecule has 1 aromatic carbocycles. The molecule has 20 heavy (non-hydrogen) atoms. The predicted molar refractivity (Wildman–Crippen MR) is 76.9 cm³/mol. The predicted octanol–water partition coefficient (Wildman–Crippen LogP) is 0.804. The van der Waals surface area contributed by atoms with Gasteiger partial charge in [0.05, 0.1) is 5.69 Å². The molecule has 0 spiro atoms. The lowest BCUT2D eigenvalue weighted by molar-refractivity contribution is 0.290. The van der Waals surface area contributed by atoms with Crippen molar-refractivity contribution in [1.29, 1.82) is 0 Å². The van der Waals surface area contributed by atoms with E-state index in [1.54, 1.807) is 11.0 Å². The van der Waals surface area contributed by atoms with E-state index >= 15 is 0 Å². The van der Waals surface area contributed by atoms with E-state index in [0.717, 1.165) is 43.4 Å². The molecule has 0 bridgehead atoms. The zero-order chi connectivity index (χ0) is 13.8. The zero-order valence-corrected chi connectivity index (χ0v) is 11.6. The van der Waals surface area contributed by atoms with Crippen LogP contribution in [0.2, 0.25) is 0 Å². The van der Waals surface area contributed by atoms with Crippen LogP contribution in [0.1, 0.15) is 5.82 Å². The minimum Gasteiger partial charge on any atom is -0.483 e. The second-order valence-electron chi connectivity index (χ2n) is 4.79. The molecule has 6 heteroatoms. The Hall–Kier alpha value is -2.08. The summed E-state index contributed by atoms with van der Waals surface area (Å²) < 4.78 is 7.66. The van der Waals surface area contributed by atoms with Crippen molar-refractivity contribution in [2.24, 2.45) is 7.05 Å². The highest BCUT2D eigenvalue weighted by molar-refractivity contribution is 5.58. The van der Waals surface area contributed by atoms with Crippen LogP contribution in [0, 0.1) is 0 Å². The number of hydrogen-bond donors (Lipinski definition) is 1. The Labute approximate surface area is 118 Å². The zero-order valence-electron chi connectivity index (χ0n) is 11.6. The summed E-state index contributed by atoms with van der Waals surface area (Å²) in [7, 11) is 1.87. The Morgan fingerprint density at radius 3 is 2.80 bits per heavy atom. The molecule has 2 heterocycles. The molecule has 0 saturated carbocycles. The van der Waals surface area contributed by atoms with Crippen LogP contribution in [0.25, 0.3) is 0 Å². The molecule has 0 aliphatic carbocycles. The normalized spacial score (nSPS) is 15.3. The number of anilines is 1. The van der Waals surface area contributed by atoms with Crippen LogP contribution in [0.15, 0.2) is 30.6 Å². The molecule has 106 valence electrons. The smallest absolute Gasteiger partial charge is 0.164 e. The third kappa shape index (κ3) is 2.75. The molecule has 1 saturated heterocycles. The van der Waals surface area contributed by atoms with Crippen LogP contribution in [0.3, 0.4) is 0 Å². The SMILES string of the molecule is Cn1ncnc1COc1ccccc1N1CCNCC1. The maximum absolute atomic E-state index is 5.93. The van der Waals surface area contributed by atoms with Crippen LogP contribution < -0.4 is 15.0 Å². The van der Waals surface area contributed by atoms with E-state index < -0.39 is 0 Å². The summed E-state index contributed by atoms with van der Waals surface area (Å²) in [6, 6.07) is 8.16. The number of aryl methyl sites for hydroxylation is 1. The molecular formula is C14H19N5O. The number of nitrogens with zero attached hydrogens (tertiary/aromatic N) is 4. The van der Waals surface area contributed by atoms with E-state index in [1.807, 2.05) is 25.2 Å². The monoisotopic (exact) mass is 273 g/mol. The van der Waals surface area contributed by atoms with Crippen molar-refractivity contribution in [2.45, 2.75) is 6.61 Å². The van der Waals surface area contributed by atoms with Crippen LogP contribution in [-0.4, -0.2) is 40.9 Å². The molecule has 1 aliphatic heterocycles. The van der Waals surface area contributed by atoms with Gasteiger partial charge in [0.2, 0.25) is 0 Å². The summed E-state index contributed by atoms with van der Waals surface area (Å²) in [4.78, 5) is 6.53. The highest BCUT2D eigenvalue weighted by Gasteiger charge is 2.15. The summed E-state index contributed by atoms with van der Waals surface area (Å²) >= 11 is 0. The number of piperazine rings is 1. The maximum atomic E-state index is 5.93. The van der Waals surface area contributed by atoms with Gasteiger partial charge in [0.25, 0.3) is 0 Å². The summed E-state index contributed by atoms with van der Waals surface area (Å²) in [5.74, 6) is 1.72. The quantitative estimate of drug-likeness (QED) is 0.893. The fourth-order valence-corrected chi connectivity index (χ4v) is 2.34. The number of rotatable bonds is 4. The van der Waals surface area contributed by atoms with Crippen LogP contribution in [0.4, 0.5) is 5.69 Å². The minimum atomic E-state index is 0.430. The van der Waals surface area contributed by atoms with Crippen molar-refractivity contribution in [2.75, 3.05) is 31.1 Å². The van der Waals surface area contributed by atoms with E-state index in [2.05, 4.69) is 26.4 Å². The second-order valence-corrected chi connectivity index (χ2v) is 4.79. The van der Waals surface area contributed by atoms with E-state index in [1.165, 1.54) is 0 Å². The Kier molecular flexibility index (Phi) is 3.83. The van der Waals surface area contributed by atoms with Crippen LogP contribution in [-0.2, 0) is 13.7 Å². The van der Waals surface area contributed by atoms with Crippen molar-refractivity contribution < 1.29 is 4.74 Å². The third-order valence-electron chi connectivity index (χ3n) is 3.48. The average Bonchev–Trinajstić information content (AvgIpc) is 2.92. The molecule has 2 aromatic rings. The van der Waals surface area contributed by atoms with E-state index in [0.29, 0.717) is 6.61 Å². The molecule has 0 radical (unpaired) electrons. The van der Waals surface area contributed by atoms with Crippen molar-refractivity contribution in [3.05, 3.63) is 36.4 Å². The highest BCUT2D eigenvalue weighted by Crippen LogP contribution is 2.28. The topological polar surface area (TPSA) is 55.2 Å². The van der Waals surface area contributed by atoms with Crippen molar-refractivity contribution >= 4 is 5.69 Å². The van der Waals surface area contributed by atoms with Crippen LogP contribution in [0.5, 0.6) is 5.75 Å². The van der Waals surface area contributed by atoms with Gasteiger partial charge in [-0.25, -0.2) is 4.98 Å². The molecule has 3 rings (SSSR count). The number of nitrogens with one attached hydrogen (secondary N) is 1. The molecule has 1 aromatic heterocycles. The van der Waals surface area contributed by atoms with Gasteiger partial charge in [0.1, 0.15) is 18.7 Å². The fraction of sp³-hybridized carbons (Fsp3) is 0.429. The van der Waals surface area contributed by atoms with E-state index in [4.69, 9.17) is 4.74 Å². The number of benzene rings is 1. The lowest BCUT2D eigenvalue weighted by atomic mass is 10.2. The van der Waals surface area contributed by atoms with Crippen molar-refractivity contribution in [1.82, 2.24) is 20.1 Å². The van der Waals surface area contributed by atoms with Crippen molar-refractivity contribution in [3.63, 3.8) is 0 Å². The standard InChI is InChI=1S/C14H19N5O/c1-18-14(16-11-17-18)10-20-13-5-3-2-4-12(13)19-8-6-15-7-9-19/h2-5,11,15H,6-10H2,1H3. The Balaban J connectivity index is 1.74. The molecule has 0 unspecified atom stereocenters. The van der Waals surface area contributed by atoms with Crippen LogP contribution >= 0.6 is 0 Å². The molecule has 1 aliphatic rings. The van der Waals surface area contributed by atoms with Gasteiger partial charge in [-0.2, -0.15) is 5.10 Å². The molecule has 1 fully saturated rings. The molecular weight excluding hydrogens is 254 g/mol. The number of hydrogen-bond acceptors (Lipinski definition) is 5. The Morgan fingerprint density at radius 2 is 2.05 bits per heavy atom. The van der Waals surface area contributed by atoms with Gasteiger partial charge < -0.3 is 15.0 Å². The Morgan fingerprint density at radius 1 is 1.25 bits per heavy atom. The first-order valence-electron chi connectivity index (χ1n) is 6.85. The van der Waals surface area contributed by atoms with Gasteiger partial charge >= 0.3 is 0 Å². The van der Waals surface area contributed by atoms with E-state index in [9.17, 15) is 0 Å². The first-order valence-corrected chi connectivity index (χ1v) is 6.85. The van der Waals surface area contributed by atoms with E-state index in [-0.39, 0.29) is 0 Å². The lowest BCUT2D eigenvalue weighted by Gasteiger charge is -2.30. The first kappa shape index (κ1) is 12.9. The summed E-state index contributed by atoms with van der Waals surface area (Å²) in [5.41, 5.74) is 1.15. The second kappa shape index (κ2) is 5.92. The van der Waals surface area contributed by atoms with Gasteiger partial charge in [-0.05, 0) is 12.1 Å². The fourth-order valence-electron chi connectivity index (χ4n) is 2.34. The summed E-state index contributed by atoms with van der Waals surface area (Å²) in [6.45, 7) is 4.46. The molecule has 6 nitrogen and oxygen atoms in total. The molecule has 1 N–H and O–H groups in total. The molecule has 0 amide bonds. The molecule has 0 atom stereocenters.